The number of rotatable bonds is 9. The number of para-hydroxylation sites is 1. The number of carbonyl (C=O) groups excluding carboxylic acids is 2. The molecule has 4 rings (SSSR count). The van der Waals surface area contributed by atoms with E-state index < -0.39 is 5.25 Å². The van der Waals surface area contributed by atoms with E-state index in [1.807, 2.05) is 84.9 Å². The van der Waals surface area contributed by atoms with Crippen molar-refractivity contribution in [2.75, 3.05) is 20.2 Å². The van der Waals surface area contributed by atoms with Gasteiger partial charge in [-0.05, 0) is 48.2 Å². The number of amidine groups is 1. The molecule has 3 aromatic rings. The summed E-state index contributed by atoms with van der Waals surface area (Å²) in [5.74, 6) is 0.579. The number of nitrogens with zero attached hydrogens (tertiary/aromatic N) is 2. The zero-order valence-electron chi connectivity index (χ0n) is 19.7. The number of ether oxygens (including phenoxy) is 1. The Morgan fingerprint density at radius 3 is 2.31 bits per heavy atom. The molecule has 180 valence electrons. The Morgan fingerprint density at radius 2 is 1.63 bits per heavy atom. The quantitative estimate of drug-likeness (QED) is 0.478. The Morgan fingerprint density at radius 1 is 0.971 bits per heavy atom. The molecule has 1 fully saturated rings. The highest BCUT2D eigenvalue weighted by atomic mass is 32.2. The molecule has 0 spiro atoms. The fourth-order valence-electron chi connectivity index (χ4n) is 3.80. The van der Waals surface area contributed by atoms with Crippen LogP contribution < -0.4 is 10.1 Å². The third-order valence-electron chi connectivity index (χ3n) is 5.75. The van der Waals surface area contributed by atoms with Crippen LogP contribution >= 0.6 is 11.8 Å². The molecule has 7 heteroatoms. The highest BCUT2D eigenvalue weighted by Crippen LogP contribution is 2.29. The summed E-state index contributed by atoms with van der Waals surface area (Å²) in [4.78, 5) is 32.5. The van der Waals surface area contributed by atoms with Crippen molar-refractivity contribution in [2.24, 2.45) is 4.99 Å². The van der Waals surface area contributed by atoms with E-state index >= 15 is 0 Å². The molecule has 1 aliphatic heterocycles. The van der Waals surface area contributed by atoms with Crippen LogP contribution in [0.2, 0.25) is 0 Å². The van der Waals surface area contributed by atoms with Crippen LogP contribution in [-0.2, 0) is 22.4 Å². The number of carbonyl (C=O) groups is 2. The van der Waals surface area contributed by atoms with Crippen molar-refractivity contribution >= 4 is 34.4 Å². The molecular weight excluding hydrogens is 458 g/mol. The summed E-state index contributed by atoms with van der Waals surface area (Å²) in [6.07, 6.45) is 1.58. The highest BCUT2D eigenvalue weighted by Gasteiger charge is 2.35. The lowest BCUT2D eigenvalue weighted by atomic mass is 10.1. The summed E-state index contributed by atoms with van der Waals surface area (Å²) in [6.45, 7) is 1.02. The summed E-state index contributed by atoms with van der Waals surface area (Å²) >= 11 is 1.36. The number of methoxy groups -OCH3 is 1. The molecule has 0 aliphatic carbocycles. The van der Waals surface area contributed by atoms with Gasteiger partial charge < -0.3 is 10.1 Å². The van der Waals surface area contributed by atoms with E-state index in [1.165, 1.54) is 11.8 Å². The first-order valence-corrected chi connectivity index (χ1v) is 12.6. The van der Waals surface area contributed by atoms with E-state index in [4.69, 9.17) is 9.73 Å². The molecule has 0 radical (unpaired) electrons. The van der Waals surface area contributed by atoms with E-state index in [9.17, 15) is 9.59 Å². The lowest BCUT2D eigenvalue weighted by Gasteiger charge is -2.32. The van der Waals surface area contributed by atoms with Gasteiger partial charge in [0.25, 0.3) is 0 Å². The summed E-state index contributed by atoms with van der Waals surface area (Å²) in [7, 11) is 1.64. The molecule has 0 bridgehead atoms. The Balaban J connectivity index is 1.43. The minimum Gasteiger partial charge on any atom is -0.497 e. The van der Waals surface area contributed by atoms with Crippen LogP contribution in [0.15, 0.2) is 89.9 Å². The maximum Gasteiger partial charge on any atom is 0.234 e. The molecule has 1 N–H and O–H groups in total. The summed E-state index contributed by atoms with van der Waals surface area (Å²) < 4.78 is 5.23. The number of aliphatic imine (C=N–C) groups is 1. The lowest BCUT2D eigenvalue weighted by molar-refractivity contribution is -0.130. The van der Waals surface area contributed by atoms with Crippen LogP contribution in [0.25, 0.3) is 0 Å². The number of thioether (sulfide) groups is 1. The third-order valence-corrected chi connectivity index (χ3v) is 6.94. The standard InChI is InChI=1S/C28H29N3O3S/c1-34-24-14-12-22(13-15-24)17-19-31-26(32)20-25(35-28(31)30-23-10-6-3-7-11-23)27(33)29-18-16-21-8-4-2-5-9-21/h2-15,25H,16-20H2,1H3,(H,29,33). The van der Waals surface area contributed by atoms with Crippen LogP contribution in [0.1, 0.15) is 17.5 Å². The largest absolute Gasteiger partial charge is 0.497 e. The molecule has 3 aromatic carbocycles. The van der Waals surface area contributed by atoms with Gasteiger partial charge in [-0.25, -0.2) is 4.99 Å². The van der Waals surface area contributed by atoms with Crippen molar-refractivity contribution in [3.05, 3.63) is 96.1 Å². The number of hydrogen-bond acceptors (Lipinski definition) is 5. The van der Waals surface area contributed by atoms with E-state index in [-0.39, 0.29) is 18.2 Å². The first kappa shape index (κ1) is 24.5. The number of hydrogen-bond donors (Lipinski definition) is 1. The van der Waals surface area contributed by atoms with Crippen LogP contribution in [-0.4, -0.2) is 47.3 Å². The monoisotopic (exact) mass is 487 g/mol. The predicted molar refractivity (Wildman–Crippen MR) is 141 cm³/mol. The Kier molecular flexibility index (Phi) is 8.57. The third kappa shape index (κ3) is 6.96. The van der Waals surface area contributed by atoms with Gasteiger partial charge >= 0.3 is 0 Å². The fraction of sp³-hybridized carbons (Fsp3) is 0.250. The normalized spacial score (nSPS) is 16.8. The van der Waals surface area contributed by atoms with Crippen molar-refractivity contribution in [3.8, 4) is 5.75 Å². The smallest absolute Gasteiger partial charge is 0.234 e. The Bertz CT molecular complexity index is 1150. The van der Waals surface area contributed by atoms with Crippen molar-refractivity contribution in [1.29, 1.82) is 0 Å². The molecule has 2 amide bonds. The van der Waals surface area contributed by atoms with Crippen LogP contribution in [0.4, 0.5) is 5.69 Å². The molecule has 1 heterocycles. The maximum atomic E-state index is 13.2. The average Bonchev–Trinajstić information content (AvgIpc) is 2.89. The van der Waals surface area contributed by atoms with Gasteiger partial charge in [-0.1, -0.05) is 72.4 Å². The summed E-state index contributed by atoms with van der Waals surface area (Å²) in [5.41, 5.74) is 3.02. The van der Waals surface area contributed by atoms with E-state index in [0.717, 1.165) is 29.0 Å². The molecule has 1 unspecified atom stereocenters. The first-order valence-electron chi connectivity index (χ1n) is 11.7. The Hall–Kier alpha value is -3.58. The van der Waals surface area contributed by atoms with Gasteiger partial charge in [0.15, 0.2) is 5.17 Å². The summed E-state index contributed by atoms with van der Waals surface area (Å²) in [5, 5.41) is 3.05. The minimum absolute atomic E-state index is 0.0878. The van der Waals surface area contributed by atoms with Crippen LogP contribution in [0.5, 0.6) is 5.75 Å². The molecule has 1 atom stereocenters. The van der Waals surface area contributed by atoms with Crippen molar-refractivity contribution in [3.63, 3.8) is 0 Å². The number of nitrogens with one attached hydrogen (secondary N) is 1. The van der Waals surface area contributed by atoms with E-state index in [1.54, 1.807) is 12.0 Å². The fourth-order valence-corrected chi connectivity index (χ4v) is 4.95. The molecule has 0 aromatic heterocycles. The minimum atomic E-state index is -0.502. The van der Waals surface area contributed by atoms with E-state index in [0.29, 0.717) is 24.7 Å². The second kappa shape index (κ2) is 12.2. The van der Waals surface area contributed by atoms with Crippen molar-refractivity contribution in [2.45, 2.75) is 24.5 Å². The molecule has 35 heavy (non-hydrogen) atoms. The van der Waals surface area contributed by atoms with Crippen LogP contribution in [0.3, 0.4) is 0 Å². The zero-order valence-corrected chi connectivity index (χ0v) is 20.5. The second-order valence-electron chi connectivity index (χ2n) is 8.21. The van der Waals surface area contributed by atoms with Gasteiger partial charge in [0, 0.05) is 19.5 Å². The predicted octanol–water partition coefficient (Wildman–Crippen LogP) is 4.62. The molecular formula is C28H29N3O3S. The highest BCUT2D eigenvalue weighted by molar-refractivity contribution is 8.15. The van der Waals surface area contributed by atoms with Crippen molar-refractivity contribution in [1.82, 2.24) is 10.2 Å². The second-order valence-corrected chi connectivity index (χ2v) is 9.38. The average molecular weight is 488 g/mol. The summed E-state index contributed by atoms with van der Waals surface area (Å²) in [6, 6.07) is 27.4. The van der Waals surface area contributed by atoms with E-state index in [2.05, 4.69) is 5.32 Å². The molecule has 6 nitrogen and oxygen atoms in total. The molecule has 1 aliphatic rings. The Labute approximate surface area is 210 Å². The SMILES string of the molecule is COc1ccc(CCN2C(=O)CC(C(=O)NCCc3ccccc3)SC2=Nc2ccccc2)cc1. The molecule has 0 saturated carbocycles. The maximum absolute atomic E-state index is 13.2. The topological polar surface area (TPSA) is 71.0 Å². The van der Waals surface area contributed by atoms with Crippen LogP contribution in [0, 0.1) is 0 Å². The van der Waals surface area contributed by atoms with Gasteiger partial charge in [0.05, 0.1) is 18.0 Å². The van der Waals surface area contributed by atoms with Crippen molar-refractivity contribution < 1.29 is 14.3 Å². The molecule has 1 saturated heterocycles. The van der Waals surface area contributed by atoms with Gasteiger partial charge in [-0.2, -0.15) is 0 Å². The van der Waals surface area contributed by atoms with Gasteiger partial charge in [-0.3, -0.25) is 14.5 Å². The van der Waals surface area contributed by atoms with Gasteiger partial charge in [0.2, 0.25) is 11.8 Å². The lowest BCUT2D eigenvalue weighted by Crippen LogP contribution is -2.47. The van der Waals surface area contributed by atoms with Gasteiger partial charge in [0.1, 0.15) is 5.75 Å². The zero-order chi connectivity index (χ0) is 24.5. The van der Waals surface area contributed by atoms with Gasteiger partial charge in [-0.15, -0.1) is 0 Å². The number of amides is 2. The number of benzene rings is 3. The first-order chi connectivity index (χ1) is 17.1.